The van der Waals surface area contributed by atoms with E-state index in [0.717, 1.165) is 10.3 Å². The molecule has 3 aromatic rings. The van der Waals surface area contributed by atoms with Crippen LogP contribution in [0.2, 0.25) is 0 Å². The van der Waals surface area contributed by atoms with Crippen molar-refractivity contribution < 1.29 is 41.3 Å². The number of hydrogen-bond acceptors (Lipinski definition) is 9. The average Bonchev–Trinajstić information content (AvgIpc) is 3.56. The maximum atomic E-state index is 14.1. The number of nitrogens with zero attached hydrogens (tertiary/aromatic N) is 5. The molecule has 4 heterocycles. The summed E-state index contributed by atoms with van der Waals surface area (Å²) in [6.07, 6.45) is -4.69. The SMILES string of the molecule is CC(C)(C)OC(O)c1c(COCC2CN(c3ncnc4ncsc34)CC23CN(C(=O)C2(C(F)(F)F)CC2)C3)cccc1C1CCC(F)(F)CC1. The van der Waals surface area contributed by atoms with E-state index < -0.39 is 40.7 Å². The number of alkyl halides is 5. The van der Waals surface area contributed by atoms with Crippen molar-refractivity contribution in [2.24, 2.45) is 16.7 Å². The second kappa shape index (κ2) is 12.6. The minimum Gasteiger partial charge on any atom is -0.376 e. The second-order valence-electron chi connectivity index (χ2n) is 15.5. The van der Waals surface area contributed by atoms with E-state index in [1.165, 1.54) is 22.6 Å². The first kappa shape index (κ1) is 35.4. The first-order valence-electron chi connectivity index (χ1n) is 17.1. The summed E-state index contributed by atoms with van der Waals surface area (Å²) >= 11 is 1.41. The van der Waals surface area contributed by atoms with Crippen molar-refractivity contribution in [3.63, 3.8) is 0 Å². The van der Waals surface area contributed by atoms with Gasteiger partial charge in [-0.05, 0) is 63.5 Å². The molecule has 0 radical (unpaired) electrons. The first-order valence-corrected chi connectivity index (χ1v) is 18.0. The third-order valence-electron chi connectivity index (χ3n) is 10.9. The molecule has 4 fully saturated rings. The molecule has 15 heteroatoms. The summed E-state index contributed by atoms with van der Waals surface area (Å²) in [6.45, 7) is 7.12. The van der Waals surface area contributed by atoms with Gasteiger partial charge in [-0.3, -0.25) is 4.79 Å². The lowest BCUT2D eigenvalue weighted by Gasteiger charge is -2.52. The Kier molecular flexibility index (Phi) is 8.91. The van der Waals surface area contributed by atoms with Crippen LogP contribution in [0.25, 0.3) is 10.3 Å². The number of hydrogen-bond donors (Lipinski definition) is 1. The molecule has 2 atom stereocenters. The van der Waals surface area contributed by atoms with Crippen LogP contribution in [0.3, 0.4) is 0 Å². The summed E-state index contributed by atoms with van der Waals surface area (Å²) in [5, 5.41) is 11.4. The van der Waals surface area contributed by atoms with Crippen molar-refractivity contribution in [2.45, 2.75) is 95.8 Å². The molecule has 2 unspecified atom stereocenters. The third kappa shape index (κ3) is 6.58. The van der Waals surface area contributed by atoms with Gasteiger partial charge in [0.15, 0.2) is 17.8 Å². The Morgan fingerprint density at radius 3 is 2.44 bits per heavy atom. The van der Waals surface area contributed by atoms with Crippen LogP contribution in [0.5, 0.6) is 0 Å². The number of benzene rings is 1. The van der Waals surface area contributed by atoms with Gasteiger partial charge in [-0.1, -0.05) is 18.2 Å². The van der Waals surface area contributed by atoms with Crippen LogP contribution in [0.15, 0.2) is 30.0 Å². The Labute approximate surface area is 291 Å². The van der Waals surface area contributed by atoms with Crippen LogP contribution in [0.4, 0.5) is 27.8 Å². The zero-order valence-corrected chi connectivity index (χ0v) is 29.1. The van der Waals surface area contributed by atoms with Crippen LogP contribution in [0, 0.1) is 16.7 Å². The van der Waals surface area contributed by atoms with Crippen molar-refractivity contribution in [1.29, 1.82) is 0 Å². The number of carbonyl (C=O) groups is 1. The van der Waals surface area contributed by atoms with Gasteiger partial charge < -0.3 is 24.4 Å². The van der Waals surface area contributed by atoms with Gasteiger partial charge in [0.1, 0.15) is 16.4 Å². The summed E-state index contributed by atoms with van der Waals surface area (Å²) in [6, 6.07) is 5.53. The molecule has 2 aliphatic carbocycles. The molecule has 7 rings (SSSR count). The van der Waals surface area contributed by atoms with Crippen molar-refractivity contribution in [2.75, 3.05) is 37.7 Å². The highest BCUT2D eigenvalue weighted by Gasteiger charge is 2.71. The number of anilines is 1. The number of amides is 1. The molecule has 2 aliphatic heterocycles. The number of likely N-dealkylation sites (tertiary alicyclic amines) is 1. The van der Waals surface area contributed by atoms with E-state index in [4.69, 9.17) is 9.47 Å². The summed E-state index contributed by atoms with van der Waals surface area (Å²) in [5.41, 5.74) is 0.736. The predicted octanol–water partition coefficient (Wildman–Crippen LogP) is 7.01. The number of aliphatic hydroxyl groups is 1. The van der Waals surface area contributed by atoms with Crippen LogP contribution >= 0.6 is 11.3 Å². The first-order chi connectivity index (χ1) is 23.5. The Balaban J connectivity index is 1.12. The van der Waals surface area contributed by atoms with E-state index in [2.05, 4.69) is 19.9 Å². The summed E-state index contributed by atoms with van der Waals surface area (Å²) in [4.78, 5) is 29.6. The highest BCUT2D eigenvalue weighted by molar-refractivity contribution is 7.17. The van der Waals surface area contributed by atoms with Crippen LogP contribution in [-0.4, -0.2) is 81.4 Å². The fourth-order valence-corrected chi connectivity index (χ4v) is 8.82. The Morgan fingerprint density at radius 1 is 1.06 bits per heavy atom. The monoisotopic (exact) mass is 723 g/mol. The van der Waals surface area contributed by atoms with E-state index in [0.29, 0.717) is 35.7 Å². The highest BCUT2D eigenvalue weighted by Crippen LogP contribution is 2.60. The van der Waals surface area contributed by atoms with Gasteiger partial charge in [-0.25, -0.2) is 23.7 Å². The van der Waals surface area contributed by atoms with Gasteiger partial charge >= 0.3 is 6.18 Å². The minimum atomic E-state index is -4.58. The van der Waals surface area contributed by atoms with Crippen LogP contribution in [0.1, 0.15) is 88.2 Å². The average molecular weight is 724 g/mol. The number of halogens is 5. The smallest absolute Gasteiger partial charge is 0.376 e. The molecule has 2 aromatic heterocycles. The van der Waals surface area contributed by atoms with E-state index in [1.807, 2.05) is 39.0 Å². The molecular formula is C35H42F5N5O4S. The highest BCUT2D eigenvalue weighted by atomic mass is 32.1. The molecule has 50 heavy (non-hydrogen) atoms. The van der Waals surface area contributed by atoms with Gasteiger partial charge in [0.2, 0.25) is 11.8 Å². The van der Waals surface area contributed by atoms with Crippen molar-refractivity contribution >= 4 is 33.4 Å². The zero-order chi connectivity index (χ0) is 35.7. The van der Waals surface area contributed by atoms with Gasteiger partial charge in [0, 0.05) is 55.9 Å². The maximum absolute atomic E-state index is 14.1. The predicted molar refractivity (Wildman–Crippen MR) is 176 cm³/mol. The number of fused-ring (bicyclic) bond motifs is 1. The lowest BCUT2D eigenvalue weighted by Crippen LogP contribution is -2.65. The van der Waals surface area contributed by atoms with Gasteiger partial charge in [0.25, 0.3) is 0 Å². The number of ether oxygens (including phenoxy) is 2. The van der Waals surface area contributed by atoms with Gasteiger partial charge in [-0.2, -0.15) is 13.2 Å². The normalized spacial score (nSPS) is 23.7. The van der Waals surface area contributed by atoms with E-state index in [-0.39, 0.29) is 76.7 Å². The molecule has 1 amide bonds. The summed E-state index contributed by atoms with van der Waals surface area (Å²) in [5.74, 6) is -3.19. The quantitative estimate of drug-likeness (QED) is 0.186. The van der Waals surface area contributed by atoms with Crippen molar-refractivity contribution in [3.05, 3.63) is 46.7 Å². The topological polar surface area (TPSA) is 101 Å². The molecule has 0 bridgehead atoms. The van der Waals surface area contributed by atoms with Crippen molar-refractivity contribution in [1.82, 2.24) is 19.9 Å². The second-order valence-corrected chi connectivity index (χ2v) is 16.4. The number of aliphatic hydroxyl groups excluding tert-OH is 1. The van der Waals surface area contributed by atoms with Crippen LogP contribution in [-0.2, 0) is 20.9 Å². The van der Waals surface area contributed by atoms with Gasteiger partial charge in [-0.15, -0.1) is 11.3 Å². The lowest BCUT2D eigenvalue weighted by molar-refractivity contribution is -0.205. The van der Waals surface area contributed by atoms with E-state index in [1.54, 1.807) is 5.51 Å². The Morgan fingerprint density at radius 2 is 1.78 bits per heavy atom. The minimum absolute atomic E-state index is 0.0929. The molecule has 1 aromatic carbocycles. The number of rotatable bonds is 9. The lowest BCUT2D eigenvalue weighted by atomic mass is 9.71. The number of thiazole rings is 1. The number of carbonyl (C=O) groups excluding carboxylic acids is 1. The van der Waals surface area contributed by atoms with E-state index >= 15 is 0 Å². The molecular weight excluding hydrogens is 681 g/mol. The Hall–Kier alpha value is -3.01. The van der Waals surface area contributed by atoms with Gasteiger partial charge in [0.05, 0.1) is 24.3 Å². The maximum Gasteiger partial charge on any atom is 0.403 e. The molecule has 2 saturated heterocycles. The van der Waals surface area contributed by atoms with E-state index in [9.17, 15) is 31.9 Å². The molecule has 2 saturated carbocycles. The standard InChI is InChI=1S/C35H42F5N5O4S/c1-31(2,3)49-29(46)25-22(5-4-6-24(25)21-7-9-34(36,37)10-8-21)14-48-15-23-13-44(28-26-27(41-19-42-28)43-20-50-26)16-32(23)17-45(18-32)30(47)33(11-12-33)35(38,39)40/h4-6,19-21,23,29,46H,7-18H2,1-3H3. The molecule has 1 spiro atoms. The summed E-state index contributed by atoms with van der Waals surface area (Å²) in [7, 11) is 0. The molecule has 272 valence electrons. The van der Waals surface area contributed by atoms with Crippen LogP contribution < -0.4 is 4.90 Å². The fourth-order valence-electron chi connectivity index (χ4n) is 8.07. The molecule has 4 aliphatic rings. The Bertz CT molecular complexity index is 1730. The number of aromatic nitrogens is 3. The molecule has 1 N–H and O–H groups in total. The fraction of sp³-hybridized carbons (Fsp3) is 0.657. The summed E-state index contributed by atoms with van der Waals surface area (Å²) < 4.78 is 82.8. The van der Waals surface area contributed by atoms with Crippen molar-refractivity contribution in [3.8, 4) is 0 Å². The molecule has 9 nitrogen and oxygen atoms in total. The third-order valence-corrected chi connectivity index (χ3v) is 11.7. The zero-order valence-electron chi connectivity index (χ0n) is 28.3. The largest absolute Gasteiger partial charge is 0.403 e.